The molecule has 0 saturated carbocycles. The van der Waals surface area contributed by atoms with Crippen molar-refractivity contribution in [3.8, 4) is 0 Å². The van der Waals surface area contributed by atoms with Gasteiger partial charge in [-0.1, -0.05) is 130 Å². The average Bonchev–Trinajstić information content (AvgIpc) is 2.87. The maximum absolute atomic E-state index is 12.9. The molecule has 0 spiro atoms. The number of carboxylic acids is 1. The van der Waals surface area contributed by atoms with E-state index in [1.165, 1.54) is 69.8 Å². The van der Waals surface area contributed by atoms with E-state index < -0.39 is 17.8 Å². The molecule has 1 aromatic rings. The van der Waals surface area contributed by atoms with Crippen molar-refractivity contribution in [1.29, 1.82) is 0 Å². The summed E-state index contributed by atoms with van der Waals surface area (Å²) in [5, 5.41) is 12.9. The molecule has 0 aliphatic carbocycles. The van der Waals surface area contributed by atoms with Crippen LogP contribution in [0.3, 0.4) is 0 Å². The van der Waals surface area contributed by atoms with Gasteiger partial charge in [-0.3, -0.25) is 9.59 Å². The van der Waals surface area contributed by atoms with Crippen LogP contribution in [0, 0.1) is 17.8 Å². The quantitative estimate of drug-likeness (QED) is 0.155. The zero-order valence-corrected chi connectivity index (χ0v) is 23.8. The van der Waals surface area contributed by atoms with Gasteiger partial charge in [-0.05, 0) is 42.9 Å². The molecule has 0 aromatic heterocycles. The number of rotatable bonds is 22. The number of amides is 1. The van der Waals surface area contributed by atoms with Gasteiger partial charge in [-0.15, -0.1) is 0 Å². The fraction of sp³-hybridized carbons (Fsp3) is 0.750. The van der Waals surface area contributed by atoms with Crippen molar-refractivity contribution in [3.05, 3.63) is 29.8 Å². The minimum absolute atomic E-state index is 0.0304. The number of hydrogen-bond donors (Lipinski definition) is 2. The maximum Gasteiger partial charge on any atom is 0.307 e. The lowest BCUT2D eigenvalue weighted by Crippen LogP contribution is -2.36. The highest BCUT2D eigenvalue weighted by molar-refractivity contribution is 5.94. The number of carbonyl (C=O) groups is 2. The molecule has 206 valence electrons. The van der Waals surface area contributed by atoms with Gasteiger partial charge in [0.2, 0.25) is 5.91 Å². The summed E-state index contributed by atoms with van der Waals surface area (Å²) < 4.78 is 0. The number of benzene rings is 1. The molecule has 3 unspecified atom stereocenters. The molecule has 0 aliphatic heterocycles. The Bertz CT molecular complexity index is 700. The molecule has 36 heavy (non-hydrogen) atoms. The van der Waals surface area contributed by atoms with Crippen LogP contribution in [0.15, 0.2) is 24.3 Å². The van der Waals surface area contributed by atoms with E-state index in [9.17, 15) is 14.7 Å². The molecular formula is C32H55NO3. The molecule has 1 aromatic carbocycles. The Morgan fingerprint density at radius 3 is 1.72 bits per heavy atom. The van der Waals surface area contributed by atoms with E-state index in [0.29, 0.717) is 0 Å². The standard InChI is InChI=1S/C32H55NO3/c1-5-8-10-11-12-13-14-15-16-17-18-19-21-28(7-3)30(32(35)36)26(4)31(34)33-29-24-22-27(23-25-29)20-9-6-2/h22-26,28,30H,5-21H2,1-4H3,(H,33,34)(H,35,36). The Kier molecular flexibility index (Phi) is 18.1. The largest absolute Gasteiger partial charge is 0.481 e. The summed E-state index contributed by atoms with van der Waals surface area (Å²) >= 11 is 0. The lowest BCUT2D eigenvalue weighted by Gasteiger charge is -2.27. The molecule has 0 aliphatic rings. The third-order valence-corrected chi connectivity index (χ3v) is 7.74. The molecule has 0 heterocycles. The molecule has 1 amide bonds. The number of carbonyl (C=O) groups excluding carboxylic acids is 1. The SMILES string of the molecule is CCCCCCCCCCCCCCC(CC)C(C(=O)O)C(C)C(=O)Nc1ccc(CCCC)cc1. The summed E-state index contributed by atoms with van der Waals surface area (Å²) in [4.78, 5) is 25.1. The molecule has 0 radical (unpaired) electrons. The number of hydrogen-bond acceptors (Lipinski definition) is 2. The van der Waals surface area contributed by atoms with Crippen LogP contribution in [0.5, 0.6) is 0 Å². The van der Waals surface area contributed by atoms with Crippen LogP contribution < -0.4 is 5.32 Å². The van der Waals surface area contributed by atoms with Crippen molar-refractivity contribution in [2.24, 2.45) is 17.8 Å². The van der Waals surface area contributed by atoms with Crippen LogP contribution >= 0.6 is 0 Å². The Labute approximate surface area is 222 Å². The van der Waals surface area contributed by atoms with Crippen molar-refractivity contribution in [2.75, 3.05) is 5.32 Å². The summed E-state index contributed by atoms with van der Waals surface area (Å²) in [5.74, 6) is -2.23. The molecule has 0 saturated heterocycles. The van der Waals surface area contributed by atoms with Crippen LogP contribution in [-0.2, 0) is 16.0 Å². The number of anilines is 1. The number of unbranched alkanes of at least 4 members (excludes halogenated alkanes) is 12. The Balaban J connectivity index is 2.40. The van der Waals surface area contributed by atoms with Gasteiger partial charge in [-0.2, -0.15) is 0 Å². The van der Waals surface area contributed by atoms with Gasteiger partial charge >= 0.3 is 5.97 Å². The van der Waals surface area contributed by atoms with Crippen LogP contribution in [0.25, 0.3) is 0 Å². The third kappa shape index (κ3) is 13.5. The number of aryl methyl sites for hydroxylation is 1. The van der Waals surface area contributed by atoms with Gasteiger partial charge in [0.05, 0.1) is 5.92 Å². The van der Waals surface area contributed by atoms with Gasteiger partial charge in [-0.25, -0.2) is 0 Å². The highest BCUT2D eigenvalue weighted by Crippen LogP contribution is 2.30. The summed E-state index contributed by atoms with van der Waals surface area (Å²) in [6, 6.07) is 7.95. The Morgan fingerprint density at radius 1 is 0.750 bits per heavy atom. The van der Waals surface area contributed by atoms with Gasteiger partial charge in [0.15, 0.2) is 0 Å². The normalized spacial score (nSPS) is 13.8. The van der Waals surface area contributed by atoms with Crippen molar-refractivity contribution in [1.82, 2.24) is 0 Å². The molecule has 2 N–H and O–H groups in total. The second kappa shape index (κ2) is 20.2. The minimum atomic E-state index is -0.849. The smallest absolute Gasteiger partial charge is 0.307 e. The monoisotopic (exact) mass is 501 g/mol. The van der Waals surface area contributed by atoms with E-state index >= 15 is 0 Å². The van der Waals surface area contributed by atoms with Crippen LogP contribution in [0.4, 0.5) is 5.69 Å². The van der Waals surface area contributed by atoms with Crippen LogP contribution in [0.2, 0.25) is 0 Å². The summed E-state index contributed by atoms with van der Waals surface area (Å²) in [5.41, 5.74) is 2.00. The fourth-order valence-corrected chi connectivity index (χ4v) is 5.26. The van der Waals surface area contributed by atoms with Crippen molar-refractivity contribution < 1.29 is 14.7 Å². The molecular weight excluding hydrogens is 446 g/mol. The molecule has 0 bridgehead atoms. The first kappa shape index (κ1) is 32.2. The lowest BCUT2D eigenvalue weighted by atomic mass is 9.77. The van der Waals surface area contributed by atoms with E-state index in [1.807, 2.05) is 24.3 Å². The maximum atomic E-state index is 12.9. The van der Waals surface area contributed by atoms with Crippen LogP contribution in [0.1, 0.15) is 136 Å². The number of nitrogens with one attached hydrogen (secondary N) is 1. The first-order valence-electron chi connectivity index (χ1n) is 15.1. The average molecular weight is 502 g/mol. The number of carboxylic acid groups (broad SMARTS) is 1. The topological polar surface area (TPSA) is 66.4 Å². The van der Waals surface area contributed by atoms with Crippen LogP contribution in [-0.4, -0.2) is 17.0 Å². The fourth-order valence-electron chi connectivity index (χ4n) is 5.26. The minimum Gasteiger partial charge on any atom is -0.481 e. The lowest BCUT2D eigenvalue weighted by molar-refractivity contribution is -0.148. The first-order chi connectivity index (χ1) is 17.4. The molecule has 1 rings (SSSR count). The van der Waals surface area contributed by atoms with Crippen molar-refractivity contribution >= 4 is 17.6 Å². The van der Waals surface area contributed by atoms with E-state index in [2.05, 4.69) is 26.1 Å². The molecule has 0 fully saturated rings. The first-order valence-corrected chi connectivity index (χ1v) is 15.1. The zero-order chi connectivity index (χ0) is 26.6. The van der Waals surface area contributed by atoms with Gasteiger partial charge in [0.1, 0.15) is 0 Å². The second-order valence-corrected chi connectivity index (χ2v) is 10.8. The van der Waals surface area contributed by atoms with E-state index in [1.54, 1.807) is 6.92 Å². The van der Waals surface area contributed by atoms with Crippen molar-refractivity contribution in [3.63, 3.8) is 0 Å². The second-order valence-electron chi connectivity index (χ2n) is 10.8. The van der Waals surface area contributed by atoms with E-state index in [-0.39, 0.29) is 11.8 Å². The molecule has 4 nitrogen and oxygen atoms in total. The van der Waals surface area contributed by atoms with Gasteiger partial charge in [0.25, 0.3) is 0 Å². The summed E-state index contributed by atoms with van der Waals surface area (Å²) in [7, 11) is 0. The Morgan fingerprint density at radius 2 is 1.25 bits per heavy atom. The predicted octanol–water partition coefficient (Wildman–Crippen LogP) is 9.42. The molecule has 4 heteroatoms. The summed E-state index contributed by atoms with van der Waals surface area (Å²) in [6.45, 7) is 8.27. The van der Waals surface area contributed by atoms with Gasteiger partial charge < -0.3 is 10.4 Å². The Hall–Kier alpha value is -1.84. The van der Waals surface area contributed by atoms with Gasteiger partial charge in [0, 0.05) is 11.6 Å². The van der Waals surface area contributed by atoms with E-state index in [4.69, 9.17) is 0 Å². The highest BCUT2D eigenvalue weighted by atomic mass is 16.4. The van der Waals surface area contributed by atoms with E-state index in [0.717, 1.165) is 50.6 Å². The highest BCUT2D eigenvalue weighted by Gasteiger charge is 2.35. The summed E-state index contributed by atoms with van der Waals surface area (Å²) in [6.07, 6.45) is 20.6. The zero-order valence-electron chi connectivity index (χ0n) is 23.8. The third-order valence-electron chi connectivity index (χ3n) is 7.74. The molecule has 3 atom stereocenters. The predicted molar refractivity (Wildman–Crippen MR) is 153 cm³/mol. The number of aliphatic carboxylic acids is 1. The van der Waals surface area contributed by atoms with Crippen molar-refractivity contribution in [2.45, 2.75) is 137 Å².